The molecule has 1 atom stereocenters. The minimum atomic E-state index is 0.0762. The zero-order chi connectivity index (χ0) is 16.8. The number of ether oxygens (including phenoxy) is 1. The predicted octanol–water partition coefficient (Wildman–Crippen LogP) is 1.98. The van der Waals surface area contributed by atoms with Crippen LogP contribution < -0.4 is 10.1 Å². The normalized spacial score (nSPS) is 22.5. The minimum absolute atomic E-state index is 0.0762. The van der Waals surface area contributed by atoms with Crippen LogP contribution in [0, 0.1) is 5.92 Å². The topological polar surface area (TPSA) is 57.7 Å². The van der Waals surface area contributed by atoms with Gasteiger partial charge in [-0.05, 0) is 37.6 Å². The highest BCUT2D eigenvalue weighted by Gasteiger charge is 2.26. The first-order chi connectivity index (χ1) is 11.7. The Balaban J connectivity index is 1.36. The molecule has 132 valence electrons. The number of urea groups is 1. The number of carbonyl (C=O) groups excluding carboxylic acids is 1. The number of nitrogens with one attached hydrogen (secondary N) is 1. The van der Waals surface area contributed by atoms with Crippen LogP contribution in [0.1, 0.15) is 26.2 Å². The molecule has 24 heavy (non-hydrogen) atoms. The van der Waals surface area contributed by atoms with Gasteiger partial charge in [0.05, 0.1) is 0 Å². The Bertz CT molecular complexity index is 517. The smallest absolute Gasteiger partial charge is 0.317 e. The molecule has 2 saturated heterocycles. The van der Waals surface area contributed by atoms with Gasteiger partial charge in [0.1, 0.15) is 11.9 Å². The van der Waals surface area contributed by atoms with Crippen LogP contribution in [-0.4, -0.2) is 66.2 Å². The molecule has 6 heteroatoms. The Morgan fingerprint density at radius 3 is 2.67 bits per heavy atom. The highest BCUT2D eigenvalue weighted by Crippen LogP contribution is 2.19. The van der Waals surface area contributed by atoms with Gasteiger partial charge >= 0.3 is 6.03 Å². The maximum atomic E-state index is 12.3. The molecular weight excluding hydrogens is 304 g/mol. The zero-order valence-electron chi connectivity index (χ0n) is 14.5. The van der Waals surface area contributed by atoms with Gasteiger partial charge < -0.3 is 19.9 Å². The lowest BCUT2D eigenvalue weighted by Gasteiger charge is -2.32. The molecule has 1 N–H and O–H groups in total. The first-order valence-electron chi connectivity index (χ1n) is 9.06. The van der Waals surface area contributed by atoms with E-state index in [0.29, 0.717) is 5.92 Å². The summed E-state index contributed by atoms with van der Waals surface area (Å²) in [7, 11) is 0. The lowest BCUT2D eigenvalue weighted by Crippen LogP contribution is -2.47. The van der Waals surface area contributed by atoms with Crippen LogP contribution in [0.2, 0.25) is 0 Å². The van der Waals surface area contributed by atoms with Gasteiger partial charge in [-0.1, -0.05) is 6.92 Å². The van der Waals surface area contributed by atoms with Crippen LogP contribution in [0.3, 0.4) is 0 Å². The lowest BCUT2D eigenvalue weighted by atomic mass is 10.1. The monoisotopic (exact) mass is 332 g/mol. The van der Waals surface area contributed by atoms with Crippen molar-refractivity contribution in [1.82, 2.24) is 20.1 Å². The molecule has 0 aliphatic carbocycles. The molecular formula is C18H28N4O2. The summed E-state index contributed by atoms with van der Waals surface area (Å²) in [6, 6.07) is 3.83. The summed E-state index contributed by atoms with van der Waals surface area (Å²) in [4.78, 5) is 20.7. The van der Waals surface area contributed by atoms with Crippen LogP contribution in [0.4, 0.5) is 4.79 Å². The third-order valence-electron chi connectivity index (χ3n) is 5.04. The minimum Gasteiger partial charge on any atom is -0.490 e. The summed E-state index contributed by atoms with van der Waals surface area (Å²) in [5.41, 5.74) is 0. The number of hydrogen-bond donors (Lipinski definition) is 1. The second kappa shape index (κ2) is 8.33. The molecule has 2 amide bonds. The molecule has 1 unspecified atom stereocenters. The average Bonchev–Trinajstić information content (AvgIpc) is 3.09. The van der Waals surface area contributed by atoms with E-state index in [9.17, 15) is 4.79 Å². The second-order valence-electron chi connectivity index (χ2n) is 6.72. The SMILES string of the molecule is CCN1CCC(CNC(=O)N2CCC(Oc3ccncc3)CC2)C1. The molecule has 6 nitrogen and oxygen atoms in total. The molecule has 0 radical (unpaired) electrons. The van der Waals surface area contributed by atoms with Crippen molar-refractivity contribution < 1.29 is 9.53 Å². The largest absolute Gasteiger partial charge is 0.490 e. The van der Waals surface area contributed by atoms with Crippen molar-refractivity contribution in [2.24, 2.45) is 5.92 Å². The lowest BCUT2D eigenvalue weighted by molar-refractivity contribution is 0.110. The Morgan fingerprint density at radius 1 is 1.25 bits per heavy atom. The van der Waals surface area contributed by atoms with Gasteiger partial charge in [0.15, 0.2) is 0 Å². The number of rotatable bonds is 5. The van der Waals surface area contributed by atoms with Crippen LogP contribution in [0.15, 0.2) is 24.5 Å². The van der Waals surface area contributed by atoms with Crippen molar-refractivity contribution in [2.75, 3.05) is 39.3 Å². The van der Waals surface area contributed by atoms with Gasteiger partial charge in [-0.25, -0.2) is 4.79 Å². The molecule has 3 rings (SSSR count). The van der Waals surface area contributed by atoms with E-state index in [2.05, 4.69) is 22.1 Å². The highest BCUT2D eigenvalue weighted by atomic mass is 16.5. The maximum absolute atomic E-state index is 12.3. The fraction of sp³-hybridized carbons (Fsp3) is 0.667. The van der Waals surface area contributed by atoms with E-state index in [0.717, 1.165) is 57.9 Å². The predicted molar refractivity (Wildman–Crippen MR) is 93.1 cm³/mol. The molecule has 0 spiro atoms. The van der Waals surface area contributed by atoms with Crippen molar-refractivity contribution in [3.05, 3.63) is 24.5 Å². The summed E-state index contributed by atoms with van der Waals surface area (Å²) in [6.07, 6.45) is 6.60. The number of amides is 2. The third-order valence-corrected chi connectivity index (χ3v) is 5.04. The van der Waals surface area contributed by atoms with Crippen molar-refractivity contribution in [1.29, 1.82) is 0 Å². The summed E-state index contributed by atoms with van der Waals surface area (Å²) < 4.78 is 5.94. The molecule has 2 aliphatic rings. The Kier molecular flexibility index (Phi) is 5.91. The average molecular weight is 332 g/mol. The van der Waals surface area contributed by atoms with E-state index in [-0.39, 0.29) is 12.1 Å². The maximum Gasteiger partial charge on any atom is 0.317 e. The van der Waals surface area contributed by atoms with Gasteiger partial charge in [0.2, 0.25) is 0 Å². The summed E-state index contributed by atoms with van der Waals surface area (Å²) in [6.45, 7) is 7.88. The van der Waals surface area contributed by atoms with Crippen LogP contribution in [-0.2, 0) is 0 Å². The van der Waals surface area contributed by atoms with Crippen molar-refractivity contribution >= 4 is 6.03 Å². The van der Waals surface area contributed by atoms with Crippen LogP contribution in [0.25, 0.3) is 0 Å². The first-order valence-corrected chi connectivity index (χ1v) is 9.06. The molecule has 1 aromatic heterocycles. The van der Waals surface area contributed by atoms with Gasteiger partial charge in [-0.15, -0.1) is 0 Å². The number of carbonyl (C=O) groups is 1. The Hall–Kier alpha value is -1.82. The van der Waals surface area contributed by atoms with E-state index in [4.69, 9.17) is 4.74 Å². The Morgan fingerprint density at radius 2 is 2.00 bits per heavy atom. The number of nitrogens with zero attached hydrogens (tertiary/aromatic N) is 3. The summed E-state index contributed by atoms with van der Waals surface area (Å²) in [5, 5.41) is 3.11. The number of piperidine rings is 1. The number of aromatic nitrogens is 1. The van der Waals surface area contributed by atoms with Crippen LogP contribution >= 0.6 is 0 Å². The van der Waals surface area contributed by atoms with E-state index in [1.54, 1.807) is 12.4 Å². The third kappa shape index (κ3) is 4.60. The molecule has 0 saturated carbocycles. The van der Waals surface area contributed by atoms with Gasteiger partial charge in [-0.2, -0.15) is 0 Å². The highest BCUT2D eigenvalue weighted by molar-refractivity contribution is 5.74. The van der Waals surface area contributed by atoms with Gasteiger partial charge in [-0.3, -0.25) is 4.98 Å². The summed E-state index contributed by atoms with van der Waals surface area (Å²) >= 11 is 0. The van der Waals surface area contributed by atoms with Crippen molar-refractivity contribution in [3.63, 3.8) is 0 Å². The van der Waals surface area contributed by atoms with Crippen LogP contribution in [0.5, 0.6) is 5.75 Å². The molecule has 1 aromatic rings. The number of likely N-dealkylation sites (tertiary alicyclic amines) is 2. The van der Waals surface area contributed by atoms with E-state index >= 15 is 0 Å². The second-order valence-corrected chi connectivity index (χ2v) is 6.72. The molecule has 0 bridgehead atoms. The quantitative estimate of drug-likeness (QED) is 0.896. The fourth-order valence-corrected chi connectivity index (χ4v) is 3.50. The standard InChI is InChI=1S/C18H28N4O2/c1-2-21-10-5-15(14-21)13-20-18(23)22-11-6-17(7-12-22)24-16-3-8-19-9-4-16/h3-4,8-9,15,17H,2,5-7,10-14H2,1H3,(H,20,23). The number of hydrogen-bond acceptors (Lipinski definition) is 4. The van der Waals surface area contributed by atoms with Gasteiger partial charge in [0, 0.05) is 51.4 Å². The van der Waals surface area contributed by atoms with Crippen molar-refractivity contribution in [3.8, 4) is 5.75 Å². The van der Waals surface area contributed by atoms with E-state index in [1.165, 1.54) is 6.42 Å². The Labute approximate surface area is 144 Å². The first kappa shape index (κ1) is 17.0. The van der Waals surface area contributed by atoms with E-state index in [1.807, 2.05) is 17.0 Å². The molecule has 0 aromatic carbocycles. The zero-order valence-corrected chi connectivity index (χ0v) is 14.5. The molecule has 2 fully saturated rings. The fourth-order valence-electron chi connectivity index (χ4n) is 3.50. The number of pyridine rings is 1. The van der Waals surface area contributed by atoms with Gasteiger partial charge in [0.25, 0.3) is 0 Å². The molecule has 3 heterocycles. The van der Waals surface area contributed by atoms with E-state index < -0.39 is 0 Å². The molecule has 2 aliphatic heterocycles. The summed E-state index contributed by atoms with van der Waals surface area (Å²) in [5.74, 6) is 1.45. The van der Waals surface area contributed by atoms with Crippen molar-refractivity contribution in [2.45, 2.75) is 32.3 Å².